The first-order valence-corrected chi connectivity index (χ1v) is 5.88. The molecule has 3 N–H and O–H groups in total. The lowest BCUT2D eigenvalue weighted by atomic mass is 10.2. The Morgan fingerprint density at radius 3 is 2.74 bits per heavy atom. The Kier molecular flexibility index (Phi) is 4.06. The van der Waals surface area contributed by atoms with Gasteiger partial charge in [-0.05, 0) is 18.6 Å². The maximum atomic E-state index is 13.3. The Labute approximate surface area is 108 Å². The Bertz CT molecular complexity index is 495. The number of amides is 1. The van der Waals surface area contributed by atoms with E-state index in [9.17, 15) is 18.0 Å². The highest BCUT2D eigenvalue weighted by atomic mass is 19.2. The van der Waals surface area contributed by atoms with E-state index in [1.165, 1.54) is 0 Å². The van der Waals surface area contributed by atoms with Crippen LogP contribution in [0, 0.1) is 17.5 Å². The van der Waals surface area contributed by atoms with Crippen molar-refractivity contribution < 1.29 is 18.0 Å². The predicted octanol–water partition coefficient (Wildman–Crippen LogP) is 1.08. The van der Waals surface area contributed by atoms with E-state index in [2.05, 4.69) is 5.32 Å². The van der Waals surface area contributed by atoms with E-state index in [0.29, 0.717) is 13.1 Å². The molecule has 1 heterocycles. The van der Waals surface area contributed by atoms with E-state index < -0.39 is 23.4 Å². The number of carbonyl (C=O) groups is 1. The molecule has 1 aliphatic rings. The summed E-state index contributed by atoms with van der Waals surface area (Å²) in [4.78, 5) is 13.5. The first kappa shape index (κ1) is 13.8. The van der Waals surface area contributed by atoms with Gasteiger partial charge in [0.05, 0.1) is 12.2 Å². The largest absolute Gasteiger partial charge is 0.326 e. The summed E-state index contributed by atoms with van der Waals surface area (Å²) in [5.74, 6) is -4.77. The zero-order valence-electron chi connectivity index (χ0n) is 10.1. The summed E-state index contributed by atoms with van der Waals surface area (Å²) in [6, 6.07) is 1.79. The highest BCUT2D eigenvalue weighted by Gasteiger charge is 2.22. The second-order valence-electron chi connectivity index (χ2n) is 4.55. The average Bonchev–Trinajstić information content (AvgIpc) is 2.75. The van der Waals surface area contributed by atoms with Crippen molar-refractivity contribution in [2.24, 2.45) is 5.73 Å². The van der Waals surface area contributed by atoms with Gasteiger partial charge in [0.25, 0.3) is 0 Å². The lowest BCUT2D eigenvalue weighted by molar-refractivity contribution is -0.117. The van der Waals surface area contributed by atoms with Gasteiger partial charge in [-0.1, -0.05) is 0 Å². The average molecular weight is 273 g/mol. The molecule has 7 heteroatoms. The van der Waals surface area contributed by atoms with E-state index in [4.69, 9.17) is 5.73 Å². The first-order chi connectivity index (χ1) is 8.97. The molecule has 1 aliphatic heterocycles. The number of rotatable bonds is 3. The van der Waals surface area contributed by atoms with Crippen LogP contribution in [0.25, 0.3) is 0 Å². The van der Waals surface area contributed by atoms with Gasteiger partial charge in [0.2, 0.25) is 5.91 Å². The van der Waals surface area contributed by atoms with Crippen molar-refractivity contribution in [1.29, 1.82) is 0 Å². The maximum Gasteiger partial charge on any atom is 0.238 e. The molecule has 0 bridgehead atoms. The van der Waals surface area contributed by atoms with Gasteiger partial charge in [-0.2, -0.15) is 0 Å². The Balaban J connectivity index is 1.97. The van der Waals surface area contributed by atoms with Crippen LogP contribution in [0.2, 0.25) is 0 Å². The molecule has 1 amide bonds. The van der Waals surface area contributed by atoms with Gasteiger partial charge in [-0.15, -0.1) is 0 Å². The predicted molar refractivity (Wildman–Crippen MR) is 64.0 cm³/mol. The van der Waals surface area contributed by atoms with Crippen LogP contribution in [0.4, 0.5) is 18.9 Å². The van der Waals surface area contributed by atoms with Crippen molar-refractivity contribution in [3.05, 3.63) is 29.6 Å². The molecule has 104 valence electrons. The molecule has 2 rings (SSSR count). The molecule has 1 fully saturated rings. The van der Waals surface area contributed by atoms with E-state index >= 15 is 0 Å². The lowest BCUT2D eigenvalue weighted by Crippen LogP contribution is -2.33. The zero-order chi connectivity index (χ0) is 14.0. The highest BCUT2D eigenvalue weighted by Crippen LogP contribution is 2.19. The molecule has 0 aliphatic carbocycles. The van der Waals surface area contributed by atoms with Gasteiger partial charge in [0.1, 0.15) is 0 Å². The van der Waals surface area contributed by atoms with Crippen LogP contribution in [0.5, 0.6) is 0 Å². The minimum Gasteiger partial charge on any atom is -0.326 e. The van der Waals surface area contributed by atoms with E-state index in [1.54, 1.807) is 0 Å². The number of anilines is 1. The molecule has 0 aromatic heterocycles. The van der Waals surface area contributed by atoms with Crippen LogP contribution in [-0.2, 0) is 4.79 Å². The molecule has 0 spiro atoms. The Morgan fingerprint density at radius 1 is 1.37 bits per heavy atom. The third kappa shape index (κ3) is 3.24. The molecule has 1 atom stereocenters. The van der Waals surface area contributed by atoms with Crippen LogP contribution in [0.3, 0.4) is 0 Å². The number of carbonyl (C=O) groups excluding carboxylic acids is 1. The van der Waals surface area contributed by atoms with Crippen LogP contribution >= 0.6 is 0 Å². The van der Waals surface area contributed by atoms with Crippen LogP contribution in [0.1, 0.15) is 6.42 Å². The summed E-state index contributed by atoms with van der Waals surface area (Å²) in [5, 5.41) is 2.22. The summed E-state index contributed by atoms with van der Waals surface area (Å²) >= 11 is 0. The van der Waals surface area contributed by atoms with E-state index in [0.717, 1.165) is 18.6 Å². The number of nitrogens with one attached hydrogen (secondary N) is 1. The molecule has 1 aromatic carbocycles. The normalized spacial score (nSPS) is 19.7. The van der Waals surface area contributed by atoms with Crippen molar-refractivity contribution in [3.8, 4) is 0 Å². The summed E-state index contributed by atoms with van der Waals surface area (Å²) in [5.41, 5.74) is 5.32. The molecule has 1 saturated heterocycles. The van der Waals surface area contributed by atoms with Gasteiger partial charge >= 0.3 is 0 Å². The highest BCUT2D eigenvalue weighted by molar-refractivity contribution is 5.92. The smallest absolute Gasteiger partial charge is 0.238 e. The second kappa shape index (κ2) is 5.58. The van der Waals surface area contributed by atoms with Crippen LogP contribution in [-0.4, -0.2) is 36.5 Å². The van der Waals surface area contributed by atoms with Gasteiger partial charge in [-0.3, -0.25) is 9.69 Å². The minimum atomic E-state index is -1.60. The standard InChI is InChI=1S/C12H14F3N3O/c13-8-1-2-9(12(15)11(8)14)17-10(19)6-18-4-3-7(16)5-18/h1-2,7H,3-6,16H2,(H,17,19)/t7-/m0/s1. The molecule has 1 aromatic rings. The monoisotopic (exact) mass is 273 g/mol. The topological polar surface area (TPSA) is 58.4 Å². The first-order valence-electron chi connectivity index (χ1n) is 5.88. The fraction of sp³-hybridized carbons (Fsp3) is 0.417. The van der Waals surface area contributed by atoms with Crippen molar-refractivity contribution in [3.63, 3.8) is 0 Å². The van der Waals surface area contributed by atoms with Crippen LogP contribution < -0.4 is 11.1 Å². The quantitative estimate of drug-likeness (QED) is 0.810. The maximum absolute atomic E-state index is 13.3. The SMILES string of the molecule is N[C@H]1CCN(CC(=O)Nc2ccc(F)c(F)c2F)C1. The molecule has 0 saturated carbocycles. The molecule has 0 unspecified atom stereocenters. The summed E-state index contributed by atoms with van der Waals surface area (Å²) < 4.78 is 39.0. The fourth-order valence-electron chi connectivity index (χ4n) is 2.02. The van der Waals surface area contributed by atoms with Gasteiger partial charge in [0.15, 0.2) is 17.5 Å². The van der Waals surface area contributed by atoms with Crippen LogP contribution in [0.15, 0.2) is 12.1 Å². The van der Waals surface area contributed by atoms with Gasteiger partial charge < -0.3 is 11.1 Å². The van der Waals surface area contributed by atoms with Crippen molar-refractivity contribution in [2.45, 2.75) is 12.5 Å². The Morgan fingerprint density at radius 2 is 2.11 bits per heavy atom. The number of likely N-dealkylation sites (tertiary alicyclic amines) is 1. The second-order valence-corrected chi connectivity index (χ2v) is 4.55. The summed E-state index contributed by atoms with van der Waals surface area (Å²) in [6.45, 7) is 1.33. The lowest BCUT2D eigenvalue weighted by Gasteiger charge is -2.15. The number of halogens is 3. The fourth-order valence-corrected chi connectivity index (χ4v) is 2.02. The molecular formula is C12H14F3N3O. The molecular weight excluding hydrogens is 259 g/mol. The number of benzene rings is 1. The number of hydrogen-bond donors (Lipinski definition) is 2. The van der Waals surface area contributed by atoms with Crippen molar-refractivity contribution in [1.82, 2.24) is 4.90 Å². The van der Waals surface area contributed by atoms with Gasteiger partial charge in [-0.25, -0.2) is 13.2 Å². The third-order valence-electron chi connectivity index (χ3n) is 2.99. The number of hydrogen-bond acceptors (Lipinski definition) is 3. The molecule has 0 radical (unpaired) electrons. The zero-order valence-corrected chi connectivity index (χ0v) is 10.1. The molecule has 19 heavy (non-hydrogen) atoms. The Hall–Kier alpha value is -1.60. The number of nitrogens with zero attached hydrogens (tertiary/aromatic N) is 1. The van der Waals surface area contributed by atoms with E-state index in [1.807, 2.05) is 4.90 Å². The summed E-state index contributed by atoms with van der Waals surface area (Å²) in [6.07, 6.45) is 0.798. The van der Waals surface area contributed by atoms with Crippen molar-refractivity contribution >= 4 is 11.6 Å². The van der Waals surface area contributed by atoms with Crippen molar-refractivity contribution in [2.75, 3.05) is 25.0 Å². The third-order valence-corrected chi connectivity index (χ3v) is 2.99. The summed E-state index contributed by atoms with van der Waals surface area (Å²) in [7, 11) is 0. The van der Waals surface area contributed by atoms with E-state index in [-0.39, 0.29) is 18.3 Å². The van der Waals surface area contributed by atoms with Gasteiger partial charge in [0, 0.05) is 19.1 Å². The number of nitrogens with two attached hydrogens (primary N) is 1. The minimum absolute atomic E-state index is 0.0350. The molecule has 4 nitrogen and oxygen atoms in total.